The summed E-state index contributed by atoms with van der Waals surface area (Å²) in [6.45, 7) is 0.740. The number of piperidine rings is 1. The molecule has 0 spiro atoms. The lowest BCUT2D eigenvalue weighted by Gasteiger charge is -2.23. The van der Waals surface area contributed by atoms with Crippen LogP contribution in [0.4, 0.5) is 11.6 Å². The number of nitrogens with two attached hydrogens (primary N) is 1. The quantitative estimate of drug-likeness (QED) is 0.736. The van der Waals surface area contributed by atoms with Crippen LogP contribution in [0.3, 0.4) is 0 Å². The highest BCUT2D eigenvalue weighted by Crippen LogP contribution is 2.25. The summed E-state index contributed by atoms with van der Waals surface area (Å²) in [5.41, 5.74) is 5.62. The fourth-order valence-electron chi connectivity index (χ4n) is 1.56. The van der Waals surface area contributed by atoms with Crippen molar-refractivity contribution in [2.75, 3.05) is 17.6 Å². The predicted molar refractivity (Wildman–Crippen MR) is 63.8 cm³/mol. The molecule has 1 atom stereocenters. The van der Waals surface area contributed by atoms with Gasteiger partial charge in [-0.1, -0.05) is 0 Å². The Morgan fingerprint density at radius 2 is 2.38 bits per heavy atom. The molecular formula is C9H12BrN5O. The molecule has 0 aliphatic carbocycles. The molecule has 0 saturated carbocycles. The molecule has 1 fully saturated rings. The number of nitrogen functional groups attached to an aromatic ring is 1. The maximum Gasteiger partial charge on any atom is 0.242 e. The van der Waals surface area contributed by atoms with Crippen molar-refractivity contribution < 1.29 is 4.79 Å². The average molecular weight is 286 g/mol. The standard InChI is InChI=1S/C9H12BrN5O/c10-6-7(11)13-4-14-8(6)15-5-2-1-3-12-9(5)16/h4-5H,1-3H2,(H,12,16)(H3,11,13,14,15). The number of aromatic nitrogens is 2. The Morgan fingerprint density at radius 1 is 1.56 bits per heavy atom. The number of halogens is 1. The van der Waals surface area contributed by atoms with Crippen molar-refractivity contribution in [2.45, 2.75) is 18.9 Å². The SMILES string of the molecule is Nc1ncnc(NC2CCCNC2=O)c1Br. The lowest BCUT2D eigenvalue weighted by Crippen LogP contribution is -2.44. The number of rotatable bonds is 2. The maximum absolute atomic E-state index is 11.5. The van der Waals surface area contributed by atoms with E-state index in [1.807, 2.05) is 0 Å². The maximum atomic E-state index is 11.5. The number of amides is 1. The van der Waals surface area contributed by atoms with Gasteiger partial charge in [0.2, 0.25) is 5.91 Å². The van der Waals surface area contributed by atoms with Crippen LogP contribution in [0.1, 0.15) is 12.8 Å². The van der Waals surface area contributed by atoms with Crippen molar-refractivity contribution in [1.82, 2.24) is 15.3 Å². The molecule has 1 aliphatic heterocycles. The van der Waals surface area contributed by atoms with Gasteiger partial charge in [0.1, 0.15) is 28.5 Å². The first-order chi connectivity index (χ1) is 7.68. The van der Waals surface area contributed by atoms with Gasteiger partial charge in [0.05, 0.1) is 0 Å². The lowest BCUT2D eigenvalue weighted by molar-refractivity contribution is -0.123. The Balaban J connectivity index is 2.14. The summed E-state index contributed by atoms with van der Waals surface area (Å²) >= 11 is 3.28. The van der Waals surface area contributed by atoms with E-state index in [2.05, 4.69) is 36.5 Å². The minimum atomic E-state index is -0.251. The summed E-state index contributed by atoms with van der Waals surface area (Å²) in [5, 5.41) is 5.84. The van der Waals surface area contributed by atoms with E-state index in [9.17, 15) is 4.79 Å². The van der Waals surface area contributed by atoms with Crippen LogP contribution in [0, 0.1) is 0 Å². The Hall–Kier alpha value is -1.37. The van der Waals surface area contributed by atoms with Crippen molar-refractivity contribution in [3.8, 4) is 0 Å². The second-order valence-corrected chi connectivity index (χ2v) is 4.34. The Kier molecular flexibility index (Phi) is 3.23. The van der Waals surface area contributed by atoms with Gasteiger partial charge in [-0.3, -0.25) is 4.79 Å². The van der Waals surface area contributed by atoms with Crippen molar-refractivity contribution in [3.63, 3.8) is 0 Å². The summed E-state index contributed by atoms with van der Waals surface area (Å²) in [4.78, 5) is 19.4. The molecule has 2 heterocycles. The summed E-state index contributed by atoms with van der Waals surface area (Å²) in [5.74, 6) is 0.901. The molecule has 4 N–H and O–H groups in total. The van der Waals surface area contributed by atoms with Crippen LogP contribution in [0.2, 0.25) is 0 Å². The van der Waals surface area contributed by atoms with Crippen molar-refractivity contribution in [1.29, 1.82) is 0 Å². The van der Waals surface area contributed by atoms with Crippen molar-refractivity contribution in [2.24, 2.45) is 0 Å². The second-order valence-electron chi connectivity index (χ2n) is 3.55. The number of nitrogens with one attached hydrogen (secondary N) is 2. The molecule has 16 heavy (non-hydrogen) atoms. The summed E-state index contributed by atoms with van der Waals surface area (Å²) < 4.78 is 0.591. The third-order valence-corrected chi connectivity index (χ3v) is 3.19. The van der Waals surface area contributed by atoms with Crippen LogP contribution in [0.15, 0.2) is 10.8 Å². The molecule has 1 aliphatic rings. The molecule has 1 aromatic rings. The van der Waals surface area contributed by atoms with Crippen LogP contribution < -0.4 is 16.4 Å². The summed E-state index contributed by atoms with van der Waals surface area (Å²) in [7, 11) is 0. The third kappa shape index (κ3) is 2.24. The molecule has 1 unspecified atom stereocenters. The molecule has 1 aromatic heterocycles. The van der Waals surface area contributed by atoms with Crippen molar-refractivity contribution in [3.05, 3.63) is 10.8 Å². The van der Waals surface area contributed by atoms with Crippen LogP contribution in [-0.4, -0.2) is 28.5 Å². The summed E-state index contributed by atoms with van der Waals surface area (Å²) in [6.07, 6.45) is 3.12. The average Bonchev–Trinajstić information content (AvgIpc) is 2.28. The monoisotopic (exact) mass is 285 g/mol. The van der Waals surface area contributed by atoms with Crippen LogP contribution in [0.25, 0.3) is 0 Å². The van der Waals surface area contributed by atoms with E-state index in [4.69, 9.17) is 5.73 Å². The molecular weight excluding hydrogens is 274 g/mol. The van der Waals surface area contributed by atoms with E-state index in [-0.39, 0.29) is 11.9 Å². The first kappa shape index (κ1) is 11.1. The zero-order chi connectivity index (χ0) is 11.5. The topological polar surface area (TPSA) is 92.9 Å². The molecule has 1 saturated heterocycles. The number of anilines is 2. The molecule has 86 valence electrons. The van der Waals surface area contributed by atoms with E-state index >= 15 is 0 Å². The van der Waals surface area contributed by atoms with Gasteiger partial charge in [0.15, 0.2) is 0 Å². The number of hydrogen-bond acceptors (Lipinski definition) is 5. The van der Waals surface area contributed by atoms with Gasteiger partial charge in [0.25, 0.3) is 0 Å². The van der Waals surface area contributed by atoms with E-state index in [1.54, 1.807) is 0 Å². The van der Waals surface area contributed by atoms with Crippen molar-refractivity contribution >= 4 is 33.5 Å². The number of nitrogens with zero attached hydrogens (tertiary/aromatic N) is 2. The van der Waals surface area contributed by atoms with Gasteiger partial charge in [-0.15, -0.1) is 0 Å². The Morgan fingerprint density at radius 3 is 3.12 bits per heavy atom. The van der Waals surface area contributed by atoms with Gasteiger partial charge in [-0.2, -0.15) is 0 Å². The second kappa shape index (κ2) is 4.65. The molecule has 1 amide bonds. The van der Waals surface area contributed by atoms with E-state index in [0.717, 1.165) is 19.4 Å². The van der Waals surface area contributed by atoms with Gasteiger partial charge in [-0.25, -0.2) is 9.97 Å². The van der Waals surface area contributed by atoms with E-state index in [1.165, 1.54) is 6.33 Å². The zero-order valence-corrected chi connectivity index (χ0v) is 10.1. The number of carbonyl (C=O) groups is 1. The Bertz CT molecular complexity index is 411. The normalized spacial score (nSPS) is 20.3. The van der Waals surface area contributed by atoms with Gasteiger partial charge in [0, 0.05) is 6.54 Å². The van der Waals surface area contributed by atoms with Gasteiger partial charge >= 0.3 is 0 Å². The fraction of sp³-hybridized carbons (Fsp3) is 0.444. The highest BCUT2D eigenvalue weighted by molar-refractivity contribution is 9.10. The highest BCUT2D eigenvalue weighted by Gasteiger charge is 2.23. The minimum absolute atomic E-state index is 0.00432. The smallest absolute Gasteiger partial charge is 0.242 e. The minimum Gasteiger partial charge on any atom is -0.383 e. The highest BCUT2D eigenvalue weighted by atomic mass is 79.9. The molecule has 0 radical (unpaired) electrons. The zero-order valence-electron chi connectivity index (χ0n) is 8.53. The van der Waals surface area contributed by atoms with Gasteiger partial charge < -0.3 is 16.4 Å². The molecule has 0 aromatic carbocycles. The predicted octanol–water partition coefficient (Wildman–Crippen LogP) is 0.512. The number of carbonyl (C=O) groups excluding carboxylic acids is 1. The van der Waals surface area contributed by atoms with Gasteiger partial charge in [-0.05, 0) is 28.8 Å². The first-order valence-corrected chi connectivity index (χ1v) is 5.78. The molecule has 0 bridgehead atoms. The summed E-state index contributed by atoms with van der Waals surface area (Å²) in [6, 6.07) is -0.251. The van der Waals surface area contributed by atoms with Crippen LogP contribution in [0.5, 0.6) is 0 Å². The molecule has 7 heteroatoms. The number of hydrogen-bond donors (Lipinski definition) is 3. The lowest BCUT2D eigenvalue weighted by atomic mass is 10.1. The largest absolute Gasteiger partial charge is 0.383 e. The first-order valence-electron chi connectivity index (χ1n) is 4.98. The fourth-order valence-corrected chi connectivity index (χ4v) is 1.88. The van der Waals surface area contributed by atoms with E-state index < -0.39 is 0 Å². The molecule has 2 rings (SSSR count). The Labute approximate surface area is 101 Å². The molecule has 6 nitrogen and oxygen atoms in total. The third-order valence-electron chi connectivity index (χ3n) is 2.41. The van der Waals surface area contributed by atoms with E-state index in [0.29, 0.717) is 16.1 Å². The van der Waals surface area contributed by atoms with Crippen LogP contribution >= 0.6 is 15.9 Å². The van der Waals surface area contributed by atoms with Crippen LogP contribution in [-0.2, 0) is 4.79 Å².